The van der Waals surface area contributed by atoms with E-state index in [1.807, 2.05) is 0 Å². The van der Waals surface area contributed by atoms with Gasteiger partial charge in [-0.1, -0.05) is 12.1 Å². The van der Waals surface area contributed by atoms with Crippen molar-refractivity contribution in [1.29, 1.82) is 0 Å². The van der Waals surface area contributed by atoms with Crippen molar-refractivity contribution in [2.24, 2.45) is 0 Å². The molecule has 1 heterocycles. The number of carbonyl (C=O) groups is 3. The highest BCUT2D eigenvalue weighted by molar-refractivity contribution is 6.02. The Kier molecular flexibility index (Phi) is 6.13. The highest BCUT2D eigenvalue weighted by Crippen LogP contribution is 2.25. The van der Waals surface area contributed by atoms with Gasteiger partial charge in [-0.3, -0.25) is 9.59 Å². The number of esters is 2. The molecule has 0 bridgehead atoms. The maximum atomic E-state index is 12.1. The molecule has 0 aliphatic carbocycles. The molecule has 3 rings (SSSR count). The average Bonchev–Trinajstić information content (AvgIpc) is 3.08. The number of furan rings is 1. The van der Waals surface area contributed by atoms with Crippen LogP contribution in [0.1, 0.15) is 22.8 Å². The fraction of sp³-hybridized carbons (Fsp3) is 0.190. The number of carbonyl (C=O) groups excluding carboxylic acids is 3. The molecule has 8 heteroatoms. The number of rotatable bonds is 7. The first-order valence-electron chi connectivity index (χ1n) is 8.88. The molecule has 0 saturated heterocycles. The predicted molar refractivity (Wildman–Crippen MR) is 104 cm³/mol. The van der Waals surface area contributed by atoms with Crippen molar-refractivity contribution in [1.82, 2.24) is 0 Å². The fourth-order valence-electron chi connectivity index (χ4n) is 2.73. The van der Waals surface area contributed by atoms with Gasteiger partial charge in [0.2, 0.25) is 0 Å². The van der Waals surface area contributed by atoms with Crippen molar-refractivity contribution in [2.45, 2.75) is 13.3 Å². The summed E-state index contributed by atoms with van der Waals surface area (Å²) in [6.45, 7) is 1.39. The molecule has 0 unspecified atom stereocenters. The number of para-hydroxylation sites is 1. The number of hydrogen-bond donors (Lipinski definition) is 2. The van der Waals surface area contributed by atoms with Crippen LogP contribution in [0.2, 0.25) is 0 Å². The maximum Gasteiger partial charge on any atom is 0.340 e. The van der Waals surface area contributed by atoms with E-state index in [9.17, 15) is 19.5 Å². The third-order valence-electron chi connectivity index (χ3n) is 4.03. The Morgan fingerprint density at radius 2 is 1.90 bits per heavy atom. The molecule has 0 fully saturated rings. The summed E-state index contributed by atoms with van der Waals surface area (Å²) in [5.74, 6) is -1.70. The van der Waals surface area contributed by atoms with Gasteiger partial charge in [0.05, 0.1) is 30.5 Å². The zero-order chi connectivity index (χ0) is 20.8. The molecular formula is C21H19NO7. The van der Waals surface area contributed by atoms with Crippen LogP contribution in [0.25, 0.3) is 11.0 Å². The second kappa shape index (κ2) is 8.92. The summed E-state index contributed by atoms with van der Waals surface area (Å²) in [5.41, 5.74) is 1.51. The van der Waals surface area contributed by atoms with Gasteiger partial charge in [0, 0.05) is 17.0 Å². The van der Waals surface area contributed by atoms with Crippen LogP contribution in [-0.4, -0.2) is 36.2 Å². The molecule has 8 nitrogen and oxygen atoms in total. The lowest BCUT2D eigenvalue weighted by molar-refractivity contribution is -0.146. The highest BCUT2D eigenvalue weighted by atomic mass is 16.5. The largest absolute Gasteiger partial charge is 0.508 e. The van der Waals surface area contributed by atoms with E-state index in [4.69, 9.17) is 13.9 Å². The summed E-state index contributed by atoms with van der Waals surface area (Å²) in [7, 11) is 0. The number of amides is 1. The lowest BCUT2D eigenvalue weighted by Gasteiger charge is -2.10. The molecule has 0 atom stereocenters. The van der Waals surface area contributed by atoms with E-state index in [1.165, 1.54) is 24.5 Å². The van der Waals surface area contributed by atoms with E-state index in [-0.39, 0.29) is 30.0 Å². The minimum Gasteiger partial charge on any atom is -0.508 e. The second-order valence-electron chi connectivity index (χ2n) is 6.09. The Morgan fingerprint density at radius 3 is 2.69 bits per heavy atom. The van der Waals surface area contributed by atoms with Crippen LogP contribution >= 0.6 is 0 Å². The van der Waals surface area contributed by atoms with E-state index in [0.29, 0.717) is 16.5 Å². The number of phenols is 1. The van der Waals surface area contributed by atoms with E-state index in [1.54, 1.807) is 31.2 Å². The quantitative estimate of drug-likeness (QED) is 0.589. The van der Waals surface area contributed by atoms with Crippen LogP contribution in [0.4, 0.5) is 5.69 Å². The van der Waals surface area contributed by atoms with Crippen molar-refractivity contribution < 1.29 is 33.4 Å². The van der Waals surface area contributed by atoms with E-state index in [0.717, 1.165) is 0 Å². The molecule has 1 amide bonds. The van der Waals surface area contributed by atoms with Crippen LogP contribution in [0.5, 0.6) is 5.75 Å². The Bertz CT molecular complexity index is 1050. The first-order chi connectivity index (χ1) is 14.0. The van der Waals surface area contributed by atoms with E-state index in [2.05, 4.69) is 5.32 Å². The zero-order valence-corrected chi connectivity index (χ0v) is 15.6. The minimum atomic E-state index is -0.616. The van der Waals surface area contributed by atoms with Crippen molar-refractivity contribution in [3.8, 4) is 5.75 Å². The van der Waals surface area contributed by atoms with Crippen LogP contribution in [0.15, 0.2) is 53.1 Å². The zero-order valence-electron chi connectivity index (χ0n) is 15.6. The van der Waals surface area contributed by atoms with Gasteiger partial charge in [0.25, 0.3) is 5.91 Å². The smallest absolute Gasteiger partial charge is 0.340 e. The lowest BCUT2D eigenvalue weighted by Crippen LogP contribution is -2.23. The molecule has 0 aliphatic heterocycles. The molecule has 0 spiro atoms. The fourth-order valence-corrected chi connectivity index (χ4v) is 2.73. The molecule has 150 valence electrons. The number of hydrogen-bond acceptors (Lipinski definition) is 7. The standard InChI is InChI=1S/C21H19NO7/c1-2-27-21(26)16-5-3-4-6-17(16)22-19(24)12-29-20(25)9-13-11-28-18-10-14(23)7-8-15(13)18/h3-8,10-11,23H,2,9,12H2,1H3,(H,22,24). The number of anilines is 1. The average molecular weight is 397 g/mol. The van der Waals surface area contributed by atoms with Crippen LogP contribution < -0.4 is 5.32 Å². The number of phenolic OH excluding ortho intramolecular Hbond substituents is 1. The lowest BCUT2D eigenvalue weighted by atomic mass is 10.1. The molecule has 29 heavy (non-hydrogen) atoms. The van der Waals surface area contributed by atoms with Crippen LogP contribution in [-0.2, 0) is 25.5 Å². The third kappa shape index (κ3) is 4.92. The molecule has 0 saturated carbocycles. The normalized spacial score (nSPS) is 10.5. The highest BCUT2D eigenvalue weighted by Gasteiger charge is 2.16. The van der Waals surface area contributed by atoms with Gasteiger partial charge in [0.15, 0.2) is 6.61 Å². The minimum absolute atomic E-state index is 0.0562. The predicted octanol–water partition coefficient (Wildman–Crippen LogP) is 3.04. The van der Waals surface area contributed by atoms with Crippen LogP contribution in [0, 0.1) is 0 Å². The van der Waals surface area contributed by atoms with Gasteiger partial charge in [-0.15, -0.1) is 0 Å². The molecule has 0 radical (unpaired) electrons. The van der Waals surface area contributed by atoms with Gasteiger partial charge < -0.3 is 24.3 Å². The Labute approximate surface area is 166 Å². The number of ether oxygens (including phenoxy) is 2. The molecule has 3 aromatic rings. The Hall–Kier alpha value is -3.81. The summed E-state index contributed by atoms with van der Waals surface area (Å²) >= 11 is 0. The second-order valence-corrected chi connectivity index (χ2v) is 6.09. The number of fused-ring (bicyclic) bond motifs is 1. The van der Waals surface area contributed by atoms with Gasteiger partial charge in [-0.25, -0.2) is 4.79 Å². The first-order valence-corrected chi connectivity index (χ1v) is 8.88. The van der Waals surface area contributed by atoms with Gasteiger partial charge in [0.1, 0.15) is 11.3 Å². The third-order valence-corrected chi connectivity index (χ3v) is 4.03. The van der Waals surface area contributed by atoms with Crippen molar-refractivity contribution in [2.75, 3.05) is 18.5 Å². The number of aromatic hydroxyl groups is 1. The summed E-state index contributed by atoms with van der Waals surface area (Å²) in [6.07, 6.45) is 1.31. The van der Waals surface area contributed by atoms with Crippen molar-refractivity contribution in [3.05, 3.63) is 59.9 Å². The summed E-state index contributed by atoms with van der Waals surface area (Å²) in [5, 5.41) is 12.7. The van der Waals surface area contributed by atoms with Crippen LogP contribution in [0.3, 0.4) is 0 Å². The van der Waals surface area contributed by atoms with Gasteiger partial charge in [-0.05, 0) is 31.2 Å². The van der Waals surface area contributed by atoms with E-state index < -0.39 is 24.5 Å². The Balaban J connectivity index is 1.57. The first kappa shape index (κ1) is 19.9. The van der Waals surface area contributed by atoms with Crippen molar-refractivity contribution in [3.63, 3.8) is 0 Å². The summed E-state index contributed by atoms with van der Waals surface area (Å²) in [6, 6.07) is 11.0. The molecule has 1 aromatic heterocycles. The molecule has 2 aromatic carbocycles. The maximum absolute atomic E-state index is 12.1. The number of benzene rings is 2. The molecule has 2 N–H and O–H groups in total. The van der Waals surface area contributed by atoms with Crippen molar-refractivity contribution >= 4 is 34.5 Å². The summed E-state index contributed by atoms with van der Waals surface area (Å²) < 4.78 is 15.3. The topological polar surface area (TPSA) is 115 Å². The molecule has 0 aliphatic rings. The van der Waals surface area contributed by atoms with Gasteiger partial charge >= 0.3 is 11.9 Å². The number of nitrogens with one attached hydrogen (secondary N) is 1. The summed E-state index contributed by atoms with van der Waals surface area (Å²) in [4.78, 5) is 36.1. The molecular weight excluding hydrogens is 378 g/mol. The SMILES string of the molecule is CCOC(=O)c1ccccc1NC(=O)COC(=O)Cc1coc2cc(O)ccc12. The Morgan fingerprint density at radius 1 is 1.10 bits per heavy atom. The van der Waals surface area contributed by atoms with Gasteiger partial charge in [-0.2, -0.15) is 0 Å². The monoisotopic (exact) mass is 397 g/mol. The van der Waals surface area contributed by atoms with E-state index >= 15 is 0 Å².